The third-order valence-corrected chi connectivity index (χ3v) is 1.66. The summed E-state index contributed by atoms with van der Waals surface area (Å²) in [6.07, 6.45) is 0. The van der Waals surface area contributed by atoms with Gasteiger partial charge in [-0.15, -0.1) is 10.2 Å². The lowest BCUT2D eigenvalue weighted by atomic mass is 9.97. The second kappa shape index (κ2) is 4.39. The number of hydrogen-bond donors (Lipinski definition) is 2. The zero-order valence-corrected chi connectivity index (χ0v) is 9.07. The van der Waals surface area contributed by atoms with E-state index in [1.54, 1.807) is 0 Å². The summed E-state index contributed by atoms with van der Waals surface area (Å²) in [6.45, 7) is 6.06. The van der Waals surface area contributed by atoms with Gasteiger partial charge in [-0.3, -0.25) is 10.1 Å². The van der Waals surface area contributed by atoms with Gasteiger partial charge in [0.25, 0.3) is 0 Å². The monoisotopic (exact) mass is 213 g/mol. The Balaban J connectivity index is 2.50. The molecule has 1 heterocycles. The molecule has 0 amide bonds. The lowest BCUT2D eigenvalue weighted by Gasteiger charge is -2.10. The van der Waals surface area contributed by atoms with Gasteiger partial charge in [0.05, 0.1) is 13.1 Å². The summed E-state index contributed by atoms with van der Waals surface area (Å²) in [5.41, 5.74) is -0.182. The highest BCUT2D eigenvalue weighted by atomic mass is 16.4. The van der Waals surface area contributed by atoms with Crippen LogP contribution in [0.25, 0.3) is 0 Å². The highest BCUT2D eigenvalue weighted by Crippen LogP contribution is 2.19. The van der Waals surface area contributed by atoms with Crippen molar-refractivity contribution < 1.29 is 14.3 Å². The molecule has 0 spiro atoms. The Labute approximate surface area is 87.7 Å². The van der Waals surface area contributed by atoms with E-state index in [2.05, 4.69) is 15.5 Å². The maximum Gasteiger partial charge on any atom is 0.317 e. The van der Waals surface area contributed by atoms with Crippen molar-refractivity contribution >= 4 is 5.97 Å². The first-order valence-corrected chi connectivity index (χ1v) is 4.65. The van der Waals surface area contributed by atoms with E-state index in [9.17, 15) is 4.79 Å². The van der Waals surface area contributed by atoms with Gasteiger partial charge in [0.2, 0.25) is 11.8 Å². The lowest BCUT2D eigenvalue weighted by Crippen LogP contribution is -2.22. The van der Waals surface area contributed by atoms with E-state index in [0.29, 0.717) is 11.8 Å². The minimum absolute atomic E-state index is 0.118. The standard InChI is InChI=1S/C9H15N3O3/c1-9(2,3)8-12-11-6(15-8)4-10-5-7(13)14/h10H,4-5H2,1-3H3,(H,13,14). The molecule has 1 rings (SSSR count). The molecule has 0 fully saturated rings. The lowest BCUT2D eigenvalue weighted by molar-refractivity contribution is -0.136. The minimum Gasteiger partial charge on any atom is -0.480 e. The van der Waals surface area contributed by atoms with Crippen molar-refractivity contribution in [1.82, 2.24) is 15.5 Å². The van der Waals surface area contributed by atoms with Crippen LogP contribution >= 0.6 is 0 Å². The van der Waals surface area contributed by atoms with Crippen molar-refractivity contribution in [1.29, 1.82) is 0 Å². The average Bonchev–Trinajstić information content (AvgIpc) is 2.51. The van der Waals surface area contributed by atoms with Crippen LogP contribution in [0.2, 0.25) is 0 Å². The third kappa shape index (κ3) is 3.67. The molecule has 0 aromatic carbocycles. The predicted octanol–water partition coefficient (Wildman–Crippen LogP) is 0.541. The second-order valence-electron chi connectivity index (χ2n) is 4.25. The smallest absolute Gasteiger partial charge is 0.317 e. The molecule has 0 atom stereocenters. The van der Waals surface area contributed by atoms with Crippen molar-refractivity contribution in [2.24, 2.45) is 0 Å². The molecule has 2 N–H and O–H groups in total. The maximum absolute atomic E-state index is 10.2. The third-order valence-electron chi connectivity index (χ3n) is 1.66. The number of nitrogens with one attached hydrogen (secondary N) is 1. The van der Waals surface area contributed by atoms with Crippen molar-refractivity contribution in [3.05, 3.63) is 11.8 Å². The van der Waals surface area contributed by atoms with E-state index >= 15 is 0 Å². The molecule has 1 aromatic rings. The quantitative estimate of drug-likeness (QED) is 0.759. The van der Waals surface area contributed by atoms with Gasteiger partial charge < -0.3 is 9.52 Å². The van der Waals surface area contributed by atoms with Gasteiger partial charge in [-0.05, 0) is 0 Å². The van der Waals surface area contributed by atoms with Crippen LogP contribution < -0.4 is 5.32 Å². The van der Waals surface area contributed by atoms with E-state index in [0.717, 1.165) is 0 Å². The molecule has 6 heteroatoms. The van der Waals surface area contributed by atoms with E-state index < -0.39 is 5.97 Å². The van der Waals surface area contributed by atoms with Crippen LogP contribution in [-0.2, 0) is 16.8 Å². The Morgan fingerprint density at radius 2 is 2.13 bits per heavy atom. The molecule has 84 valence electrons. The van der Waals surface area contributed by atoms with Gasteiger partial charge in [-0.25, -0.2) is 0 Å². The normalized spacial score (nSPS) is 11.7. The van der Waals surface area contributed by atoms with Crippen molar-refractivity contribution in [3.8, 4) is 0 Å². The molecule has 0 radical (unpaired) electrons. The summed E-state index contributed by atoms with van der Waals surface area (Å²) in [5, 5.41) is 18.8. The molecule has 0 aliphatic heterocycles. The zero-order valence-electron chi connectivity index (χ0n) is 9.07. The first kappa shape index (κ1) is 11.6. The number of carboxylic acids is 1. The average molecular weight is 213 g/mol. The van der Waals surface area contributed by atoms with E-state index in [-0.39, 0.29) is 18.5 Å². The van der Waals surface area contributed by atoms with Crippen LogP contribution in [0.5, 0.6) is 0 Å². The Bertz CT molecular complexity index is 341. The minimum atomic E-state index is -0.912. The topological polar surface area (TPSA) is 88.2 Å². The maximum atomic E-state index is 10.2. The van der Waals surface area contributed by atoms with Crippen LogP contribution in [0.4, 0.5) is 0 Å². The number of carbonyl (C=O) groups is 1. The van der Waals surface area contributed by atoms with Gasteiger partial charge in [0.15, 0.2) is 0 Å². The van der Waals surface area contributed by atoms with Gasteiger partial charge in [0.1, 0.15) is 0 Å². The highest BCUT2D eigenvalue weighted by molar-refractivity contribution is 5.68. The molecular weight excluding hydrogens is 198 g/mol. The van der Waals surface area contributed by atoms with E-state index in [1.165, 1.54) is 0 Å². The molecule has 15 heavy (non-hydrogen) atoms. The van der Waals surface area contributed by atoms with Crippen LogP contribution in [0.1, 0.15) is 32.6 Å². The van der Waals surface area contributed by atoms with Gasteiger partial charge in [0, 0.05) is 5.41 Å². The molecule has 6 nitrogen and oxygen atoms in total. The Kier molecular flexibility index (Phi) is 3.41. The molecule has 0 saturated carbocycles. The number of aliphatic carboxylic acids is 1. The van der Waals surface area contributed by atoms with Gasteiger partial charge in [-0.2, -0.15) is 0 Å². The van der Waals surface area contributed by atoms with Crippen molar-refractivity contribution in [2.75, 3.05) is 6.54 Å². The number of nitrogens with zero attached hydrogens (tertiary/aromatic N) is 2. The molecule has 0 bridgehead atoms. The molecule has 0 aliphatic carbocycles. The molecule has 0 unspecified atom stereocenters. The Hall–Kier alpha value is -1.43. The highest BCUT2D eigenvalue weighted by Gasteiger charge is 2.21. The van der Waals surface area contributed by atoms with Crippen molar-refractivity contribution in [3.63, 3.8) is 0 Å². The van der Waals surface area contributed by atoms with Crippen LogP contribution in [-0.4, -0.2) is 27.8 Å². The second-order valence-corrected chi connectivity index (χ2v) is 4.25. The number of rotatable bonds is 4. The zero-order chi connectivity index (χ0) is 11.5. The summed E-state index contributed by atoms with van der Waals surface area (Å²) >= 11 is 0. The Morgan fingerprint density at radius 1 is 1.47 bits per heavy atom. The molecular formula is C9H15N3O3. The first-order chi connectivity index (χ1) is 6.89. The summed E-state index contributed by atoms with van der Waals surface area (Å²) in [7, 11) is 0. The van der Waals surface area contributed by atoms with Crippen molar-refractivity contribution in [2.45, 2.75) is 32.7 Å². The summed E-state index contributed by atoms with van der Waals surface area (Å²) in [6, 6.07) is 0. The fourth-order valence-electron chi connectivity index (χ4n) is 0.904. The van der Waals surface area contributed by atoms with Gasteiger partial charge >= 0.3 is 5.97 Å². The molecule has 1 aromatic heterocycles. The number of hydrogen-bond acceptors (Lipinski definition) is 5. The number of aromatic nitrogens is 2. The number of carboxylic acid groups (broad SMARTS) is 1. The predicted molar refractivity (Wildman–Crippen MR) is 52.3 cm³/mol. The van der Waals surface area contributed by atoms with Crippen LogP contribution in [0.3, 0.4) is 0 Å². The fraction of sp³-hybridized carbons (Fsp3) is 0.667. The van der Waals surface area contributed by atoms with Gasteiger partial charge in [-0.1, -0.05) is 20.8 Å². The van der Waals surface area contributed by atoms with E-state index in [4.69, 9.17) is 9.52 Å². The fourth-order valence-corrected chi connectivity index (χ4v) is 0.904. The van der Waals surface area contributed by atoms with Crippen LogP contribution in [0, 0.1) is 0 Å². The summed E-state index contributed by atoms with van der Waals surface area (Å²) in [5.74, 6) is 0.0429. The summed E-state index contributed by atoms with van der Waals surface area (Å²) < 4.78 is 5.35. The molecule has 0 saturated heterocycles. The van der Waals surface area contributed by atoms with Crippen LogP contribution in [0.15, 0.2) is 4.42 Å². The Morgan fingerprint density at radius 3 is 2.60 bits per heavy atom. The first-order valence-electron chi connectivity index (χ1n) is 4.65. The largest absolute Gasteiger partial charge is 0.480 e. The summed E-state index contributed by atoms with van der Waals surface area (Å²) in [4.78, 5) is 10.2. The van der Waals surface area contributed by atoms with E-state index in [1.807, 2.05) is 20.8 Å². The SMILES string of the molecule is CC(C)(C)c1nnc(CNCC(=O)O)o1. The molecule has 0 aliphatic rings.